The normalized spacial score (nSPS) is 13.1. The first-order valence-corrected chi connectivity index (χ1v) is 37.1. The largest absolute Gasteiger partial charge is 0.477 e. The van der Waals surface area contributed by atoms with Gasteiger partial charge in [-0.25, -0.2) is 4.79 Å². The monoisotopic (exact) mass is 1220 g/mol. The second-order valence-corrected chi connectivity index (χ2v) is 26.2. The number of nitrogens with zero attached hydrogens (tertiary/aromatic N) is 1. The Balaban J connectivity index is 4.05. The van der Waals surface area contributed by atoms with Crippen molar-refractivity contribution in [2.45, 2.75) is 360 Å². The molecule has 9 heteroatoms. The van der Waals surface area contributed by atoms with Gasteiger partial charge in [0.1, 0.15) is 13.2 Å². The highest BCUT2D eigenvalue weighted by Gasteiger charge is 2.25. The smallest absolute Gasteiger partial charge is 0.361 e. The van der Waals surface area contributed by atoms with Crippen molar-refractivity contribution in [3.63, 3.8) is 0 Å². The van der Waals surface area contributed by atoms with Gasteiger partial charge in [-0.3, -0.25) is 9.59 Å². The number of hydrogen-bond donors (Lipinski definition) is 1. The molecule has 0 aromatic rings. The van der Waals surface area contributed by atoms with Crippen LogP contribution in [0.15, 0.2) is 72.9 Å². The lowest BCUT2D eigenvalue weighted by Crippen LogP contribution is -2.40. The Morgan fingerprint density at radius 1 is 0.356 bits per heavy atom. The summed E-state index contributed by atoms with van der Waals surface area (Å²) in [5.74, 6) is -1.98. The zero-order valence-corrected chi connectivity index (χ0v) is 57.9. The molecular weight excluding hydrogens is 1080 g/mol. The number of hydrogen-bond acceptors (Lipinski definition) is 7. The fourth-order valence-electron chi connectivity index (χ4n) is 10.8. The summed E-state index contributed by atoms with van der Waals surface area (Å²) < 4.78 is 23.0. The standard InChI is InChI=1S/C78H141NO8/c1-6-8-10-12-14-16-18-20-22-24-26-28-30-32-34-35-36-37-38-39-40-41-43-45-47-49-51-53-55-57-59-61-63-65-67-69-76(81)87-74(73-86-78(77(82)83)84-71-70-79(3,4)5)72-85-75(80)68-66-64-62-60-58-56-54-52-50-48-46-44-42-33-31-29-27-25-23-21-19-17-15-13-11-9-7-2/h8,10,14,16,20,22,26,28,32,34,36-37,74,78H,6-7,9,11-13,15,17-19,21,23-25,27,29-31,33,35,38-73H2,1-5H3/p+1/b10-8-,16-14-,22-20-,28-26-,34-32-,37-36-. The Hall–Kier alpha value is -3.27. The van der Waals surface area contributed by atoms with Gasteiger partial charge in [-0.1, -0.05) is 344 Å². The van der Waals surface area contributed by atoms with Crippen molar-refractivity contribution in [3.8, 4) is 0 Å². The molecule has 0 aliphatic carbocycles. The van der Waals surface area contributed by atoms with Crippen LogP contribution in [0.2, 0.25) is 0 Å². The first-order chi connectivity index (χ1) is 42.6. The molecule has 0 bridgehead atoms. The number of allylic oxidation sites excluding steroid dienone is 12. The molecule has 0 saturated heterocycles. The van der Waals surface area contributed by atoms with E-state index in [4.69, 9.17) is 18.9 Å². The summed E-state index contributed by atoms with van der Waals surface area (Å²) in [5, 5.41) is 9.76. The number of carbonyl (C=O) groups is 3. The summed E-state index contributed by atoms with van der Waals surface area (Å²) in [6.45, 7) is 4.82. The summed E-state index contributed by atoms with van der Waals surface area (Å²) >= 11 is 0. The number of likely N-dealkylation sites (N-methyl/N-ethyl adjacent to an activating group) is 1. The Morgan fingerprint density at radius 2 is 0.655 bits per heavy atom. The average Bonchev–Trinajstić information content (AvgIpc) is 3.56. The molecule has 9 nitrogen and oxygen atoms in total. The quantitative estimate of drug-likeness (QED) is 0.0211. The van der Waals surface area contributed by atoms with Crippen LogP contribution in [0.3, 0.4) is 0 Å². The highest BCUT2D eigenvalue weighted by Crippen LogP contribution is 2.19. The second-order valence-electron chi connectivity index (χ2n) is 26.2. The Morgan fingerprint density at radius 3 is 0.977 bits per heavy atom. The third-order valence-electron chi connectivity index (χ3n) is 16.5. The van der Waals surface area contributed by atoms with Crippen LogP contribution < -0.4 is 0 Å². The van der Waals surface area contributed by atoms with E-state index in [2.05, 4.69) is 86.8 Å². The molecule has 0 rings (SSSR count). The predicted molar refractivity (Wildman–Crippen MR) is 373 cm³/mol. The summed E-state index contributed by atoms with van der Waals surface area (Å²) in [6.07, 6.45) is 88.9. The van der Waals surface area contributed by atoms with Crippen LogP contribution in [0, 0.1) is 0 Å². The number of unbranched alkanes of at least 4 members (excludes halogenated alkanes) is 42. The lowest BCUT2D eigenvalue weighted by Gasteiger charge is -2.25. The number of carboxylic acids is 1. The van der Waals surface area contributed by atoms with Gasteiger partial charge in [0.2, 0.25) is 0 Å². The number of ether oxygens (including phenoxy) is 4. The molecule has 0 aromatic carbocycles. The van der Waals surface area contributed by atoms with Gasteiger partial charge in [0.25, 0.3) is 6.29 Å². The second kappa shape index (κ2) is 68.6. The minimum atomic E-state index is -1.51. The number of quaternary nitrogens is 1. The fraction of sp³-hybridized carbons (Fsp3) is 0.808. The Bertz CT molecular complexity index is 1660. The lowest BCUT2D eigenvalue weighted by atomic mass is 10.0. The molecule has 0 spiro atoms. The zero-order valence-electron chi connectivity index (χ0n) is 57.9. The lowest BCUT2D eigenvalue weighted by molar-refractivity contribution is -0.870. The maximum Gasteiger partial charge on any atom is 0.361 e. The van der Waals surface area contributed by atoms with E-state index in [1.54, 1.807) is 0 Å². The highest BCUT2D eigenvalue weighted by atomic mass is 16.7. The summed E-state index contributed by atoms with van der Waals surface area (Å²) in [6, 6.07) is 0. The van der Waals surface area contributed by atoms with Gasteiger partial charge in [-0.05, 0) is 64.2 Å². The molecule has 87 heavy (non-hydrogen) atoms. The number of carbonyl (C=O) groups excluding carboxylic acids is 2. The van der Waals surface area contributed by atoms with Crippen LogP contribution in [0.5, 0.6) is 0 Å². The highest BCUT2D eigenvalue weighted by molar-refractivity contribution is 5.71. The third-order valence-corrected chi connectivity index (χ3v) is 16.5. The van der Waals surface area contributed by atoms with Crippen LogP contribution in [-0.4, -0.2) is 87.4 Å². The average molecular weight is 1220 g/mol. The molecule has 2 atom stereocenters. The topological polar surface area (TPSA) is 108 Å². The van der Waals surface area contributed by atoms with Gasteiger partial charge >= 0.3 is 17.9 Å². The molecule has 0 aromatic heterocycles. The SMILES string of the molecule is CC/C=C\C/C=C\C/C=C\C/C=C\C/C=C\C/C=C\CCCCCCCCCCCCCCCCCCC(=O)OC(COC(=O)CCCCCCCCCCCCCCCCCCCCCCCCCCCCC)COC(OCC[N+](C)(C)C)C(=O)O. The van der Waals surface area contributed by atoms with Crippen molar-refractivity contribution >= 4 is 17.9 Å². The van der Waals surface area contributed by atoms with E-state index in [1.165, 1.54) is 244 Å². The Kier molecular flexibility index (Phi) is 66.1. The van der Waals surface area contributed by atoms with E-state index in [-0.39, 0.29) is 38.2 Å². The molecule has 2 unspecified atom stereocenters. The van der Waals surface area contributed by atoms with Crippen LogP contribution in [0.1, 0.15) is 348 Å². The van der Waals surface area contributed by atoms with Crippen LogP contribution in [-0.2, 0) is 33.3 Å². The predicted octanol–water partition coefficient (Wildman–Crippen LogP) is 23.3. The molecule has 0 fully saturated rings. The van der Waals surface area contributed by atoms with Gasteiger partial charge in [-0.2, -0.15) is 0 Å². The summed E-state index contributed by atoms with van der Waals surface area (Å²) in [5.41, 5.74) is 0. The van der Waals surface area contributed by atoms with E-state index in [0.717, 1.165) is 77.0 Å². The maximum atomic E-state index is 13.0. The number of esters is 2. The van der Waals surface area contributed by atoms with Gasteiger partial charge in [-0.15, -0.1) is 0 Å². The van der Waals surface area contributed by atoms with Gasteiger partial charge < -0.3 is 28.5 Å². The summed E-state index contributed by atoms with van der Waals surface area (Å²) in [4.78, 5) is 37.7. The fourth-order valence-corrected chi connectivity index (χ4v) is 10.8. The molecule has 506 valence electrons. The van der Waals surface area contributed by atoms with Crippen LogP contribution >= 0.6 is 0 Å². The summed E-state index contributed by atoms with van der Waals surface area (Å²) in [7, 11) is 5.99. The first-order valence-electron chi connectivity index (χ1n) is 37.1. The first kappa shape index (κ1) is 83.7. The van der Waals surface area contributed by atoms with Gasteiger partial charge in [0.05, 0.1) is 34.4 Å². The molecule has 0 heterocycles. The third kappa shape index (κ3) is 70.1. The molecule has 0 radical (unpaired) electrons. The van der Waals surface area contributed by atoms with Crippen LogP contribution in [0.25, 0.3) is 0 Å². The minimum absolute atomic E-state index is 0.178. The van der Waals surface area contributed by atoms with E-state index in [0.29, 0.717) is 17.4 Å². The van der Waals surface area contributed by atoms with E-state index in [9.17, 15) is 19.5 Å². The molecule has 0 aliphatic rings. The molecular formula is C78H142NO8+. The molecule has 1 N–H and O–H groups in total. The van der Waals surface area contributed by atoms with Crippen molar-refractivity contribution in [2.75, 3.05) is 47.5 Å². The number of carboxylic acid groups (broad SMARTS) is 1. The molecule has 0 saturated carbocycles. The Labute approximate surface area is 538 Å². The van der Waals surface area contributed by atoms with Crippen molar-refractivity contribution in [2.24, 2.45) is 0 Å². The van der Waals surface area contributed by atoms with E-state index in [1.807, 2.05) is 21.1 Å². The van der Waals surface area contributed by atoms with Crippen molar-refractivity contribution in [1.82, 2.24) is 0 Å². The van der Waals surface area contributed by atoms with Crippen LogP contribution in [0.4, 0.5) is 0 Å². The number of rotatable bonds is 69. The molecule has 0 amide bonds. The van der Waals surface area contributed by atoms with Crippen molar-refractivity contribution < 1.29 is 42.9 Å². The van der Waals surface area contributed by atoms with E-state index >= 15 is 0 Å². The number of aliphatic carboxylic acids is 1. The van der Waals surface area contributed by atoms with Crippen molar-refractivity contribution in [3.05, 3.63) is 72.9 Å². The maximum absolute atomic E-state index is 13.0. The van der Waals surface area contributed by atoms with Crippen molar-refractivity contribution in [1.29, 1.82) is 0 Å². The minimum Gasteiger partial charge on any atom is -0.477 e. The van der Waals surface area contributed by atoms with Gasteiger partial charge in [0, 0.05) is 12.8 Å². The molecule has 0 aliphatic heterocycles. The van der Waals surface area contributed by atoms with E-state index < -0.39 is 18.4 Å². The zero-order chi connectivity index (χ0) is 63.3. The van der Waals surface area contributed by atoms with Gasteiger partial charge in [0.15, 0.2) is 6.10 Å².